The molecule has 0 aliphatic heterocycles. The van der Waals surface area contributed by atoms with E-state index in [1.54, 1.807) is 7.11 Å². The Hall–Kier alpha value is -1.09. The molecule has 0 aromatic carbocycles. The van der Waals surface area contributed by atoms with Crippen LogP contribution in [0, 0.1) is 19.8 Å². The lowest BCUT2D eigenvalue weighted by molar-refractivity contribution is 0.388. The monoisotopic (exact) mass is 264 g/mol. The minimum absolute atomic E-state index is 0.471. The zero-order valence-electron chi connectivity index (χ0n) is 13.2. The highest BCUT2D eigenvalue weighted by Gasteiger charge is 2.17. The summed E-state index contributed by atoms with van der Waals surface area (Å²) in [5, 5.41) is 3.62. The van der Waals surface area contributed by atoms with Crippen molar-refractivity contribution in [1.29, 1.82) is 0 Å². The van der Waals surface area contributed by atoms with E-state index in [1.807, 2.05) is 13.1 Å². The molecule has 1 aromatic heterocycles. The van der Waals surface area contributed by atoms with Crippen molar-refractivity contribution in [1.82, 2.24) is 10.3 Å². The zero-order valence-corrected chi connectivity index (χ0v) is 13.2. The first-order chi connectivity index (χ1) is 9.01. The lowest BCUT2D eigenvalue weighted by Crippen LogP contribution is -2.36. The second-order valence-corrected chi connectivity index (χ2v) is 5.55. The van der Waals surface area contributed by atoms with Crippen LogP contribution in [0.5, 0.6) is 5.75 Å². The number of aryl methyl sites for hydroxylation is 1. The van der Waals surface area contributed by atoms with E-state index in [0.29, 0.717) is 12.0 Å². The molecule has 19 heavy (non-hydrogen) atoms. The van der Waals surface area contributed by atoms with E-state index in [-0.39, 0.29) is 0 Å². The van der Waals surface area contributed by atoms with E-state index in [9.17, 15) is 0 Å². The Morgan fingerprint density at radius 3 is 2.53 bits per heavy atom. The van der Waals surface area contributed by atoms with E-state index in [4.69, 9.17) is 4.74 Å². The second-order valence-electron chi connectivity index (χ2n) is 5.55. The smallest absolute Gasteiger partial charge is 0.128 e. The van der Waals surface area contributed by atoms with Crippen molar-refractivity contribution in [3.05, 3.63) is 23.0 Å². The van der Waals surface area contributed by atoms with Gasteiger partial charge >= 0.3 is 0 Å². The maximum atomic E-state index is 5.48. The number of aromatic nitrogens is 1. The van der Waals surface area contributed by atoms with Gasteiger partial charge in [0.1, 0.15) is 5.75 Å². The summed E-state index contributed by atoms with van der Waals surface area (Å²) >= 11 is 0. The molecular formula is C16H28N2O. The fraction of sp³-hybridized carbons (Fsp3) is 0.688. The highest BCUT2D eigenvalue weighted by atomic mass is 16.5. The molecule has 0 saturated carbocycles. The van der Waals surface area contributed by atoms with Gasteiger partial charge in [0.25, 0.3) is 0 Å². The minimum atomic E-state index is 0.471. The van der Waals surface area contributed by atoms with E-state index in [1.165, 1.54) is 5.56 Å². The lowest BCUT2D eigenvalue weighted by atomic mass is 9.96. The van der Waals surface area contributed by atoms with Gasteiger partial charge in [0, 0.05) is 35.5 Å². The number of methoxy groups -OCH3 is 1. The molecule has 108 valence electrons. The highest BCUT2D eigenvalue weighted by molar-refractivity contribution is 5.41. The quantitative estimate of drug-likeness (QED) is 0.820. The van der Waals surface area contributed by atoms with E-state index in [0.717, 1.165) is 36.4 Å². The number of rotatable bonds is 7. The number of hydrogen-bond donors (Lipinski definition) is 1. The molecule has 1 N–H and O–H groups in total. The molecule has 0 fully saturated rings. The van der Waals surface area contributed by atoms with Crippen molar-refractivity contribution in [3.8, 4) is 5.75 Å². The Kier molecular flexibility index (Phi) is 6.29. The van der Waals surface area contributed by atoms with Crippen LogP contribution in [0.2, 0.25) is 0 Å². The van der Waals surface area contributed by atoms with Crippen LogP contribution in [0.3, 0.4) is 0 Å². The van der Waals surface area contributed by atoms with Crippen molar-refractivity contribution in [2.75, 3.05) is 13.7 Å². The summed E-state index contributed by atoms with van der Waals surface area (Å²) in [6.45, 7) is 11.9. The normalized spacial score (nSPS) is 12.8. The summed E-state index contributed by atoms with van der Waals surface area (Å²) in [4.78, 5) is 4.60. The van der Waals surface area contributed by atoms with Crippen molar-refractivity contribution in [2.45, 2.75) is 53.5 Å². The second kappa shape index (κ2) is 7.49. The minimum Gasteiger partial charge on any atom is -0.496 e. The Morgan fingerprint density at radius 2 is 2.00 bits per heavy atom. The summed E-state index contributed by atoms with van der Waals surface area (Å²) < 4.78 is 5.48. The standard InChI is InChI=1S/C16H28N2O/c1-7-8-17-14(11(2)3)9-15-13(5)16(19-6)12(4)10-18-15/h10-11,14,17H,7-9H2,1-6H3. The van der Waals surface area contributed by atoms with Crippen molar-refractivity contribution >= 4 is 0 Å². The van der Waals surface area contributed by atoms with Gasteiger partial charge in [-0.25, -0.2) is 0 Å². The Labute approximate surface area is 117 Å². The predicted octanol–water partition coefficient (Wildman–Crippen LogP) is 3.27. The first-order valence-corrected chi connectivity index (χ1v) is 7.23. The van der Waals surface area contributed by atoms with Crippen LogP contribution in [0.15, 0.2) is 6.20 Å². The molecule has 1 aromatic rings. The summed E-state index contributed by atoms with van der Waals surface area (Å²) in [6, 6.07) is 0.471. The third-order valence-electron chi connectivity index (χ3n) is 3.62. The van der Waals surface area contributed by atoms with E-state index >= 15 is 0 Å². The SMILES string of the molecule is CCCNC(Cc1ncc(C)c(OC)c1C)C(C)C. The number of nitrogens with one attached hydrogen (secondary N) is 1. The van der Waals surface area contributed by atoms with Gasteiger partial charge in [-0.3, -0.25) is 4.98 Å². The molecule has 1 rings (SSSR count). The Morgan fingerprint density at radius 1 is 1.32 bits per heavy atom. The zero-order chi connectivity index (χ0) is 14.4. The van der Waals surface area contributed by atoms with Crippen LogP contribution < -0.4 is 10.1 Å². The van der Waals surface area contributed by atoms with Gasteiger partial charge in [0.15, 0.2) is 0 Å². The topological polar surface area (TPSA) is 34.2 Å². The molecule has 3 nitrogen and oxygen atoms in total. The van der Waals surface area contributed by atoms with Crippen LogP contribution in [0.4, 0.5) is 0 Å². The molecule has 1 heterocycles. The van der Waals surface area contributed by atoms with Gasteiger partial charge in [0.05, 0.1) is 7.11 Å². The van der Waals surface area contributed by atoms with Crippen LogP contribution in [-0.4, -0.2) is 24.7 Å². The molecule has 0 radical (unpaired) electrons. The number of nitrogens with zero attached hydrogens (tertiary/aromatic N) is 1. The van der Waals surface area contributed by atoms with Gasteiger partial charge in [-0.2, -0.15) is 0 Å². The molecule has 0 saturated heterocycles. The summed E-state index contributed by atoms with van der Waals surface area (Å²) in [6.07, 6.45) is 4.03. The number of hydrogen-bond acceptors (Lipinski definition) is 3. The third-order valence-corrected chi connectivity index (χ3v) is 3.62. The Bertz CT molecular complexity index is 402. The summed E-state index contributed by atoms with van der Waals surface area (Å²) in [5.41, 5.74) is 3.42. The van der Waals surface area contributed by atoms with Gasteiger partial charge in [-0.15, -0.1) is 0 Å². The van der Waals surface area contributed by atoms with Crippen LogP contribution in [0.1, 0.15) is 44.0 Å². The first kappa shape index (κ1) is 16.0. The van der Waals surface area contributed by atoms with Crippen molar-refractivity contribution in [2.24, 2.45) is 5.92 Å². The third kappa shape index (κ3) is 4.20. The van der Waals surface area contributed by atoms with Crippen molar-refractivity contribution < 1.29 is 4.74 Å². The fourth-order valence-electron chi connectivity index (χ4n) is 2.36. The molecule has 0 aliphatic carbocycles. The predicted molar refractivity (Wildman–Crippen MR) is 80.9 cm³/mol. The van der Waals surface area contributed by atoms with Gasteiger partial charge in [0.2, 0.25) is 0 Å². The number of pyridine rings is 1. The molecule has 3 heteroatoms. The summed E-state index contributed by atoms with van der Waals surface area (Å²) in [5.74, 6) is 1.57. The van der Waals surface area contributed by atoms with Crippen LogP contribution in [-0.2, 0) is 6.42 Å². The molecule has 0 amide bonds. The van der Waals surface area contributed by atoms with Gasteiger partial charge in [-0.1, -0.05) is 20.8 Å². The molecule has 1 unspecified atom stereocenters. The molecule has 0 spiro atoms. The molecule has 0 aliphatic rings. The maximum absolute atomic E-state index is 5.48. The van der Waals surface area contributed by atoms with Crippen LogP contribution in [0.25, 0.3) is 0 Å². The van der Waals surface area contributed by atoms with Gasteiger partial charge in [-0.05, 0) is 32.7 Å². The summed E-state index contributed by atoms with van der Waals surface area (Å²) in [7, 11) is 1.73. The number of ether oxygens (including phenoxy) is 1. The van der Waals surface area contributed by atoms with E-state index < -0.39 is 0 Å². The highest BCUT2D eigenvalue weighted by Crippen LogP contribution is 2.25. The first-order valence-electron chi connectivity index (χ1n) is 7.23. The largest absolute Gasteiger partial charge is 0.496 e. The molecule has 0 bridgehead atoms. The van der Waals surface area contributed by atoms with Crippen LogP contribution >= 0.6 is 0 Å². The Balaban J connectivity index is 2.90. The molecule has 1 atom stereocenters. The fourth-order valence-corrected chi connectivity index (χ4v) is 2.36. The average Bonchev–Trinajstić information content (AvgIpc) is 2.37. The lowest BCUT2D eigenvalue weighted by Gasteiger charge is -2.23. The molecular weight excluding hydrogens is 236 g/mol. The van der Waals surface area contributed by atoms with E-state index in [2.05, 4.69) is 38.0 Å². The van der Waals surface area contributed by atoms with Crippen molar-refractivity contribution in [3.63, 3.8) is 0 Å². The maximum Gasteiger partial charge on any atom is 0.128 e. The average molecular weight is 264 g/mol. The van der Waals surface area contributed by atoms with Gasteiger partial charge < -0.3 is 10.1 Å².